The Hall–Kier alpha value is -3.96. The molecule has 0 atom stereocenters. The standard InChI is InChI=1S/C30H27N3O2/c1-20-26(13-12-25-16-21(18-31-29(20)25)19-33-14-4-5-15-33)32-30(34)23-10-8-22(9-11-23)28-17-24-6-2-3-7-27(24)35-28/h2-3,6-13,16-18H,4-5,14-15,19H2,1H3,(H,32,34). The monoisotopic (exact) mass is 461 g/mol. The lowest BCUT2D eigenvalue weighted by atomic mass is 10.1. The molecule has 0 saturated carbocycles. The number of nitrogens with zero attached hydrogens (tertiary/aromatic N) is 2. The van der Waals surface area contributed by atoms with E-state index in [1.807, 2.05) is 79.9 Å². The number of benzene rings is 3. The van der Waals surface area contributed by atoms with Gasteiger partial charge in [-0.25, -0.2) is 0 Å². The molecule has 0 radical (unpaired) electrons. The molecule has 0 spiro atoms. The van der Waals surface area contributed by atoms with E-state index in [0.29, 0.717) is 5.56 Å². The number of amides is 1. The van der Waals surface area contributed by atoms with Gasteiger partial charge in [0.2, 0.25) is 0 Å². The largest absolute Gasteiger partial charge is 0.456 e. The number of aromatic nitrogens is 1. The summed E-state index contributed by atoms with van der Waals surface area (Å²) in [5, 5.41) is 5.23. The van der Waals surface area contributed by atoms with E-state index in [4.69, 9.17) is 9.40 Å². The molecule has 35 heavy (non-hydrogen) atoms. The van der Waals surface area contributed by atoms with Crippen LogP contribution in [0.1, 0.15) is 34.3 Å². The number of hydrogen-bond acceptors (Lipinski definition) is 4. The van der Waals surface area contributed by atoms with E-state index in [9.17, 15) is 4.79 Å². The summed E-state index contributed by atoms with van der Waals surface area (Å²) in [6.07, 6.45) is 4.54. The van der Waals surface area contributed by atoms with Gasteiger partial charge in [0.15, 0.2) is 0 Å². The molecule has 5 heteroatoms. The molecule has 1 amide bonds. The fraction of sp³-hybridized carbons (Fsp3) is 0.200. The third-order valence-corrected chi connectivity index (χ3v) is 6.87. The van der Waals surface area contributed by atoms with Crippen LogP contribution in [0, 0.1) is 6.92 Å². The fourth-order valence-corrected chi connectivity index (χ4v) is 4.92. The van der Waals surface area contributed by atoms with E-state index < -0.39 is 0 Å². The Kier molecular flexibility index (Phi) is 5.55. The molecule has 1 aliphatic rings. The van der Waals surface area contributed by atoms with Gasteiger partial charge in [0.1, 0.15) is 11.3 Å². The van der Waals surface area contributed by atoms with Gasteiger partial charge in [-0.15, -0.1) is 0 Å². The van der Waals surface area contributed by atoms with Gasteiger partial charge in [-0.1, -0.05) is 36.4 Å². The minimum Gasteiger partial charge on any atom is -0.456 e. The zero-order valence-electron chi connectivity index (χ0n) is 19.8. The highest BCUT2D eigenvalue weighted by Crippen LogP contribution is 2.29. The molecule has 3 heterocycles. The first-order valence-electron chi connectivity index (χ1n) is 12.1. The van der Waals surface area contributed by atoms with Crippen LogP contribution in [0.4, 0.5) is 5.69 Å². The first-order valence-corrected chi connectivity index (χ1v) is 12.1. The number of carbonyl (C=O) groups is 1. The minimum atomic E-state index is -0.144. The number of aryl methyl sites for hydroxylation is 1. The van der Waals surface area contributed by atoms with E-state index in [1.54, 1.807) is 0 Å². The number of rotatable bonds is 5. The summed E-state index contributed by atoms with van der Waals surface area (Å²) in [6, 6.07) is 23.7. The molecule has 5 aromatic rings. The molecule has 1 N–H and O–H groups in total. The predicted octanol–water partition coefficient (Wildman–Crippen LogP) is 6.80. The second-order valence-corrected chi connectivity index (χ2v) is 9.32. The Bertz CT molecular complexity index is 1500. The van der Waals surface area contributed by atoms with Gasteiger partial charge in [-0.2, -0.15) is 0 Å². The number of pyridine rings is 1. The topological polar surface area (TPSA) is 58.4 Å². The lowest BCUT2D eigenvalue weighted by molar-refractivity contribution is 0.102. The summed E-state index contributed by atoms with van der Waals surface area (Å²) in [6.45, 7) is 5.29. The Morgan fingerprint density at radius 3 is 2.57 bits per heavy atom. The van der Waals surface area contributed by atoms with Crippen LogP contribution in [0.15, 0.2) is 83.4 Å². The van der Waals surface area contributed by atoms with E-state index in [-0.39, 0.29) is 5.91 Å². The molecule has 2 aromatic heterocycles. The van der Waals surface area contributed by atoms with Crippen molar-refractivity contribution >= 4 is 33.5 Å². The van der Waals surface area contributed by atoms with Crippen LogP contribution >= 0.6 is 0 Å². The van der Waals surface area contributed by atoms with Crippen molar-refractivity contribution in [2.75, 3.05) is 18.4 Å². The molecule has 5 nitrogen and oxygen atoms in total. The minimum absolute atomic E-state index is 0.144. The van der Waals surface area contributed by atoms with Crippen LogP contribution in [0.3, 0.4) is 0 Å². The third kappa shape index (κ3) is 4.31. The molecular formula is C30H27N3O2. The van der Waals surface area contributed by atoms with E-state index >= 15 is 0 Å². The van der Waals surface area contributed by atoms with Gasteiger partial charge >= 0.3 is 0 Å². The zero-order chi connectivity index (χ0) is 23.8. The summed E-state index contributed by atoms with van der Waals surface area (Å²) in [5.41, 5.74) is 6.30. The molecule has 1 aliphatic heterocycles. The lowest BCUT2D eigenvalue weighted by Crippen LogP contribution is -2.18. The molecule has 0 bridgehead atoms. The van der Waals surface area contributed by atoms with Gasteiger partial charge in [-0.05, 0) is 80.4 Å². The molecule has 3 aromatic carbocycles. The number of furan rings is 1. The number of carbonyl (C=O) groups excluding carboxylic acids is 1. The number of likely N-dealkylation sites (tertiary alicyclic amines) is 1. The Balaban J connectivity index is 1.19. The van der Waals surface area contributed by atoms with Crippen molar-refractivity contribution in [1.82, 2.24) is 9.88 Å². The van der Waals surface area contributed by atoms with E-state index in [0.717, 1.165) is 51.0 Å². The van der Waals surface area contributed by atoms with Crippen molar-refractivity contribution in [3.8, 4) is 11.3 Å². The molecule has 1 saturated heterocycles. The van der Waals surface area contributed by atoms with Crippen molar-refractivity contribution in [3.05, 3.63) is 95.7 Å². The van der Waals surface area contributed by atoms with Crippen molar-refractivity contribution in [1.29, 1.82) is 0 Å². The second-order valence-electron chi connectivity index (χ2n) is 9.32. The zero-order valence-corrected chi connectivity index (χ0v) is 19.8. The van der Waals surface area contributed by atoms with Crippen LogP contribution in [0.5, 0.6) is 0 Å². The Morgan fingerprint density at radius 1 is 0.971 bits per heavy atom. The lowest BCUT2D eigenvalue weighted by Gasteiger charge is -2.15. The van der Waals surface area contributed by atoms with Crippen LogP contribution in [-0.2, 0) is 6.54 Å². The van der Waals surface area contributed by atoms with Crippen molar-refractivity contribution in [2.24, 2.45) is 0 Å². The molecule has 6 rings (SSSR count). The highest BCUT2D eigenvalue weighted by Gasteiger charge is 2.14. The quantitative estimate of drug-likeness (QED) is 0.313. The third-order valence-electron chi connectivity index (χ3n) is 6.87. The van der Waals surface area contributed by atoms with Crippen LogP contribution in [-0.4, -0.2) is 28.9 Å². The number of nitrogens with one attached hydrogen (secondary N) is 1. The predicted molar refractivity (Wildman–Crippen MR) is 141 cm³/mol. The Morgan fingerprint density at radius 2 is 1.77 bits per heavy atom. The smallest absolute Gasteiger partial charge is 0.255 e. The maximum absolute atomic E-state index is 13.0. The average molecular weight is 462 g/mol. The summed E-state index contributed by atoms with van der Waals surface area (Å²) in [4.78, 5) is 20.2. The molecule has 0 unspecified atom stereocenters. The van der Waals surface area contributed by atoms with Crippen molar-refractivity contribution < 1.29 is 9.21 Å². The fourth-order valence-electron chi connectivity index (χ4n) is 4.92. The first kappa shape index (κ1) is 21.6. The highest BCUT2D eigenvalue weighted by atomic mass is 16.3. The summed E-state index contributed by atoms with van der Waals surface area (Å²) in [5.74, 6) is 0.646. The van der Waals surface area contributed by atoms with Gasteiger partial charge in [0.25, 0.3) is 5.91 Å². The second kappa shape index (κ2) is 9.01. The number of hydrogen-bond donors (Lipinski definition) is 1. The summed E-state index contributed by atoms with van der Waals surface area (Å²) in [7, 11) is 0. The highest BCUT2D eigenvalue weighted by molar-refractivity contribution is 6.06. The van der Waals surface area contributed by atoms with E-state index in [2.05, 4.69) is 16.3 Å². The van der Waals surface area contributed by atoms with Crippen molar-refractivity contribution in [3.63, 3.8) is 0 Å². The van der Waals surface area contributed by atoms with Crippen LogP contribution < -0.4 is 5.32 Å². The molecular weight excluding hydrogens is 434 g/mol. The van der Waals surface area contributed by atoms with Gasteiger partial charge in [0, 0.05) is 40.3 Å². The van der Waals surface area contributed by atoms with Crippen molar-refractivity contribution in [2.45, 2.75) is 26.3 Å². The Labute approximate surface area is 204 Å². The summed E-state index contributed by atoms with van der Waals surface area (Å²) >= 11 is 0. The summed E-state index contributed by atoms with van der Waals surface area (Å²) < 4.78 is 5.94. The first-order chi connectivity index (χ1) is 17.1. The molecule has 174 valence electrons. The number of fused-ring (bicyclic) bond motifs is 2. The maximum Gasteiger partial charge on any atom is 0.255 e. The van der Waals surface area contributed by atoms with Crippen LogP contribution in [0.2, 0.25) is 0 Å². The number of anilines is 1. The van der Waals surface area contributed by atoms with Gasteiger partial charge in [-0.3, -0.25) is 14.7 Å². The average Bonchev–Trinajstić information content (AvgIpc) is 3.56. The number of para-hydroxylation sites is 1. The molecule has 1 fully saturated rings. The van der Waals surface area contributed by atoms with Gasteiger partial charge < -0.3 is 9.73 Å². The normalized spacial score (nSPS) is 14.1. The molecule has 0 aliphatic carbocycles. The maximum atomic E-state index is 13.0. The SMILES string of the molecule is Cc1c(NC(=O)c2ccc(-c3cc4ccccc4o3)cc2)ccc2cc(CN3CCCC3)cnc12. The van der Waals surface area contributed by atoms with Crippen LogP contribution in [0.25, 0.3) is 33.2 Å². The van der Waals surface area contributed by atoms with Gasteiger partial charge in [0.05, 0.1) is 5.52 Å². The van der Waals surface area contributed by atoms with E-state index in [1.165, 1.54) is 31.5 Å².